The summed E-state index contributed by atoms with van der Waals surface area (Å²) in [5.74, 6) is 0. The monoisotopic (exact) mass is 478 g/mol. The van der Waals surface area contributed by atoms with Crippen LogP contribution < -0.4 is 0 Å². The van der Waals surface area contributed by atoms with Gasteiger partial charge in [0.2, 0.25) is 0 Å². The lowest BCUT2D eigenvalue weighted by Crippen LogP contribution is -2.31. The molecule has 1 N–H and O–H groups in total. The van der Waals surface area contributed by atoms with E-state index in [0.717, 1.165) is 44.8 Å². The van der Waals surface area contributed by atoms with Gasteiger partial charge >= 0.3 is 6.18 Å². The molecule has 0 saturated carbocycles. The number of fused-ring (bicyclic) bond motifs is 1. The van der Waals surface area contributed by atoms with Crippen LogP contribution in [0.2, 0.25) is 5.02 Å². The van der Waals surface area contributed by atoms with Gasteiger partial charge in [0.15, 0.2) is 0 Å². The van der Waals surface area contributed by atoms with E-state index in [1.165, 1.54) is 6.07 Å². The fourth-order valence-corrected chi connectivity index (χ4v) is 4.07. The van der Waals surface area contributed by atoms with Gasteiger partial charge in [-0.3, -0.25) is 0 Å². The second-order valence-corrected chi connectivity index (χ2v) is 8.76. The van der Waals surface area contributed by atoms with Gasteiger partial charge in [-0.2, -0.15) is 13.2 Å². The number of aliphatic hydroxyl groups is 1. The first-order valence-corrected chi connectivity index (χ1v) is 11.8. The van der Waals surface area contributed by atoms with E-state index in [0.29, 0.717) is 33.8 Å². The summed E-state index contributed by atoms with van der Waals surface area (Å²) in [6.07, 6.45) is -1.43. The third-order valence-electron chi connectivity index (χ3n) is 5.76. The normalized spacial score (nSPS) is 13.1. The first kappa shape index (κ1) is 25.5. The Hall–Kier alpha value is -2.15. The average molecular weight is 479 g/mol. The van der Waals surface area contributed by atoms with Gasteiger partial charge in [-0.05, 0) is 55.8 Å². The minimum atomic E-state index is -4.55. The van der Waals surface area contributed by atoms with Gasteiger partial charge in [-0.15, -0.1) is 0 Å². The zero-order chi connectivity index (χ0) is 24.0. The fraction of sp³-hybridized carbons (Fsp3) is 0.423. The zero-order valence-electron chi connectivity index (χ0n) is 19.0. The summed E-state index contributed by atoms with van der Waals surface area (Å²) >= 11 is 5.99. The molecule has 7 heteroatoms. The van der Waals surface area contributed by atoms with E-state index < -0.39 is 17.8 Å². The lowest BCUT2D eigenvalue weighted by molar-refractivity contribution is -0.136. The highest BCUT2D eigenvalue weighted by atomic mass is 35.5. The highest BCUT2D eigenvalue weighted by Gasteiger charge is 2.34. The molecule has 0 amide bonds. The number of para-hydroxylation sites is 1. The molecule has 1 atom stereocenters. The van der Waals surface area contributed by atoms with E-state index in [4.69, 9.17) is 11.6 Å². The molecule has 3 rings (SSSR count). The molecule has 178 valence electrons. The van der Waals surface area contributed by atoms with Crippen molar-refractivity contribution in [1.29, 1.82) is 0 Å². The highest BCUT2D eigenvalue weighted by molar-refractivity contribution is 6.30. The predicted octanol–water partition coefficient (Wildman–Crippen LogP) is 7.51. The van der Waals surface area contributed by atoms with Crippen LogP contribution >= 0.6 is 11.6 Å². The van der Waals surface area contributed by atoms with Crippen molar-refractivity contribution in [3.63, 3.8) is 0 Å². The van der Waals surface area contributed by atoms with Crippen LogP contribution in [0.3, 0.4) is 0 Å². The Kier molecular flexibility index (Phi) is 8.74. The molecule has 0 spiro atoms. The molecule has 0 saturated heterocycles. The Bertz CT molecular complexity index is 1050. The summed E-state index contributed by atoms with van der Waals surface area (Å²) < 4.78 is 41.4. The van der Waals surface area contributed by atoms with Crippen LogP contribution in [0.4, 0.5) is 13.2 Å². The predicted molar refractivity (Wildman–Crippen MR) is 128 cm³/mol. The van der Waals surface area contributed by atoms with Crippen molar-refractivity contribution in [3.8, 4) is 11.3 Å². The maximum atomic E-state index is 13.8. The molecular formula is C26H30ClF3N2O. The van der Waals surface area contributed by atoms with Gasteiger partial charge in [-0.1, -0.05) is 62.6 Å². The van der Waals surface area contributed by atoms with Gasteiger partial charge < -0.3 is 10.0 Å². The van der Waals surface area contributed by atoms with Crippen molar-refractivity contribution in [2.75, 3.05) is 19.6 Å². The molecule has 1 heterocycles. The third-order valence-corrected chi connectivity index (χ3v) is 6.01. The molecule has 3 nitrogen and oxygen atoms in total. The van der Waals surface area contributed by atoms with Crippen LogP contribution in [0.25, 0.3) is 22.2 Å². The topological polar surface area (TPSA) is 36.4 Å². The number of alkyl halides is 3. The number of hydrogen-bond acceptors (Lipinski definition) is 3. The largest absolute Gasteiger partial charge is 0.418 e. The second-order valence-electron chi connectivity index (χ2n) is 8.33. The van der Waals surface area contributed by atoms with Gasteiger partial charge in [0.05, 0.1) is 22.9 Å². The van der Waals surface area contributed by atoms with Crippen molar-refractivity contribution in [2.24, 2.45) is 0 Å². The van der Waals surface area contributed by atoms with E-state index in [2.05, 4.69) is 23.7 Å². The molecule has 0 fully saturated rings. The van der Waals surface area contributed by atoms with E-state index in [9.17, 15) is 18.3 Å². The van der Waals surface area contributed by atoms with Crippen molar-refractivity contribution in [1.82, 2.24) is 9.88 Å². The molecule has 0 bridgehead atoms. The summed E-state index contributed by atoms with van der Waals surface area (Å²) in [4.78, 5) is 6.57. The van der Waals surface area contributed by atoms with E-state index in [-0.39, 0.29) is 5.52 Å². The molecule has 0 aliphatic carbocycles. The summed E-state index contributed by atoms with van der Waals surface area (Å²) in [7, 11) is 0. The minimum Gasteiger partial charge on any atom is -0.387 e. The molecule has 1 aromatic heterocycles. The van der Waals surface area contributed by atoms with Crippen LogP contribution in [0.15, 0.2) is 48.5 Å². The number of rotatable bonds is 10. The zero-order valence-corrected chi connectivity index (χ0v) is 19.8. The molecule has 0 radical (unpaired) electrons. The first-order valence-electron chi connectivity index (χ1n) is 11.4. The lowest BCUT2D eigenvalue weighted by atomic mass is 9.97. The number of hydrogen-bond donors (Lipinski definition) is 1. The minimum absolute atomic E-state index is 0.153. The number of benzene rings is 2. The molecular weight excluding hydrogens is 449 g/mol. The van der Waals surface area contributed by atoms with Crippen molar-refractivity contribution in [2.45, 2.75) is 51.8 Å². The van der Waals surface area contributed by atoms with Gasteiger partial charge in [0.25, 0.3) is 0 Å². The number of halogens is 4. The van der Waals surface area contributed by atoms with Crippen LogP contribution in [0, 0.1) is 0 Å². The van der Waals surface area contributed by atoms with Gasteiger partial charge in [0.1, 0.15) is 0 Å². The smallest absolute Gasteiger partial charge is 0.387 e. The fourth-order valence-electron chi connectivity index (χ4n) is 3.95. The maximum Gasteiger partial charge on any atom is 0.418 e. The van der Waals surface area contributed by atoms with Gasteiger partial charge in [0, 0.05) is 22.5 Å². The van der Waals surface area contributed by atoms with Crippen LogP contribution in [-0.2, 0) is 6.18 Å². The molecule has 33 heavy (non-hydrogen) atoms. The average Bonchev–Trinajstić information content (AvgIpc) is 2.79. The van der Waals surface area contributed by atoms with Crippen LogP contribution in [-0.4, -0.2) is 34.6 Å². The van der Waals surface area contributed by atoms with Crippen molar-refractivity contribution in [3.05, 3.63) is 64.7 Å². The Morgan fingerprint density at radius 3 is 2.21 bits per heavy atom. The van der Waals surface area contributed by atoms with Crippen molar-refractivity contribution >= 4 is 22.5 Å². The Morgan fingerprint density at radius 2 is 1.64 bits per heavy atom. The first-order chi connectivity index (χ1) is 15.7. The number of unbranched alkanes of at least 4 members (excludes halogenated alkanes) is 2. The Morgan fingerprint density at radius 1 is 1.00 bits per heavy atom. The second kappa shape index (κ2) is 11.3. The number of aromatic nitrogens is 1. The Labute approximate surface area is 198 Å². The standard InChI is InChI=1S/C26H30ClF3N2O/c1-3-5-14-32(15-6-4-2)17-24(33)21-16-23(18-10-12-19(27)13-11-18)31-25-20(21)8-7-9-22(25)26(28,29)30/h7-13,16,24,33H,3-6,14-15,17H2,1-2H3. The van der Waals surface area contributed by atoms with E-state index in [1.807, 2.05) is 0 Å². The maximum absolute atomic E-state index is 13.8. The highest BCUT2D eigenvalue weighted by Crippen LogP contribution is 2.38. The summed E-state index contributed by atoms with van der Waals surface area (Å²) in [6.45, 7) is 6.27. The summed E-state index contributed by atoms with van der Waals surface area (Å²) in [6, 6.07) is 12.5. The quantitative estimate of drug-likeness (QED) is 0.327. The molecule has 0 aliphatic heterocycles. The SMILES string of the molecule is CCCCN(CCCC)CC(O)c1cc(-c2ccc(Cl)cc2)nc2c(C(F)(F)F)cccc12. The molecule has 0 aliphatic rings. The van der Waals surface area contributed by atoms with Crippen LogP contribution in [0.1, 0.15) is 56.8 Å². The number of aliphatic hydroxyl groups excluding tert-OH is 1. The van der Waals surface area contributed by atoms with E-state index in [1.54, 1.807) is 36.4 Å². The van der Waals surface area contributed by atoms with Crippen LogP contribution in [0.5, 0.6) is 0 Å². The third kappa shape index (κ3) is 6.46. The Balaban J connectivity index is 2.11. The number of nitrogens with zero attached hydrogens (tertiary/aromatic N) is 2. The summed E-state index contributed by atoms with van der Waals surface area (Å²) in [5.41, 5.74) is 0.506. The molecule has 2 aromatic carbocycles. The summed E-state index contributed by atoms with van der Waals surface area (Å²) in [5, 5.41) is 12.1. The van der Waals surface area contributed by atoms with Crippen molar-refractivity contribution < 1.29 is 18.3 Å². The van der Waals surface area contributed by atoms with E-state index >= 15 is 0 Å². The lowest BCUT2D eigenvalue weighted by Gasteiger charge is -2.26. The van der Waals surface area contributed by atoms with Gasteiger partial charge in [-0.25, -0.2) is 4.98 Å². The molecule has 1 unspecified atom stereocenters. The molecule has 3 aromatic rings. The number of pyridine rings is 1.